The predicted octanol–water partition coefficient (Wildman–Crippen LogP) is 2.16. The number of rotatable bonds is 2. The van der Waals surface area contributed by atoms with Crippen LogP contribution >= 0.6 is 15.9 Å². The van der Waals surface area contributed by atoms with Crippen LogP contribution in [0.1, 0.15) is 20.8 Å². The van der Waals surface area contributed by atoms with Crippen LogP contribution in [0.3, 0.4) is 0 Å². The van der Waals surface area contributed by atoms with Crippen LogP contribution in [0.4, 0.5) is 5.69 Å². The van der Waals surface area contributed by atoms with Crippen molar-refractivity contribution in [2.45, 2.75) is 26.8 Å². The lowest BCUT2D eigenvalue weighted by atomic mass is 9.87. The fraction of sp³-hybridized carbons (Fsp3) is 0.455. The molecule has 1 aromatic heterocycles. The van der Waals surface area contributed by atoms with Gasteiger partial charge >= 0.3 is 0 Å². The molecular formula is C11H16BrN3O. The Morgan fingerprint density at radius 2 is 2.12 bits per heavy atom. The molecule has 0 aliphatic carbocycles. The molecule has 1 heterocycles. The summed E-state index contributed by atoms with van der Waals surface area (Å²) in [6.45, 7) is 5.78. The maximum atomic E-state index is 11.8. The minimum atomic E-state index is -0.545. The van der Waals surface area contributed by atoms with Crippen LogP contribution in [0.15, 0.2) is 22.9 Å². The third kappa shape index (κ3) is 3.57. The predicted molar refractivity (Wildman–Crippen MR) is 68.0 cm³/mol. The van der Waals surface area contributed by atoms with E-state index in [0.29, 0.717) is 5.69 Å². The molecule has 0 aliphatic heterocycles. The zero-order valence-corrected chi connectivity index (χ0v) is 11.2. The largest absolute Gasteiger partial charge is 0.323 e. The van der Waals surface area contributed by atoms with E-state index in [-0.39, 0.29) is 11.3 Å². The van der Waals surface area contributed by atoms with Crippen LogP contribution in [-0.4, -0.2) is 16.9 Å². The van der Waals surface area contributed by atoms with Gasteiger partial charge in [-0.2, -0.15) is 0 Å². The number of hydrogen-bond acceptors (Lipinski definition) is 3. The van der Waals surface area contributed by atoms with Gasteiger partial charge in [0, 0.05) is 0 Å². The van der Waals surface area contributed by atoms with Crippen molar-refractivity contribution in [1.29, 1.82) is 0 Å². The number of aromatic nitrogens is 1. The van der Waals surface area contributed by atoms with E-state index in [1.165, 1.54) is 0 Å². The molecule has 0 aliphatic rings. The van der Waals surface area contributed by atoms with Crippen LogP contribution in [0.5, 0.6) is 0 Å². The van der Waals surface area contributed by atoms with Gasteiger partial charge in [-0.25, -0.2) is 4.98 Å². The summed E-state index contributed by atoms with van der Waals surface area (Å²) in [5.41, 5.74) is 6.22. The summed E-state index contributed by atoms with van der Waals surface area (Å²) in [6.07, 6.45) is 1.58. The number of nitrogens with one attached hydrogen (secondary N) is 1. The van der Waals surface area contributed by atoms with Gasteiger partial charge in [0.05, 0.1) is 17.9 Å². The molecule has 1 atom stereocenters. The number of nitrogens with two attached hydrogens (primary N) is 1. The molecular weight excluding hydrogens is 270 g/mol. The summed E-state index contributed by atoms with van der Waals surface area (Å²) >= 11 is 3.22. The molecule has 0 saturated heterocycles. The Morgan fingerprint density at radius 3 is 2.56 bits per heavy atom. The second-order valence-corrected chi connectivity index (χ2v) is 5.52. The first-order chi connectivity index (χ1) is 7.30. The molecule has 5 heteroatoms. The second kappa shape index (κ2) is 4.93. The highest BCUT2D eigenvalue weighted by Gasteiger charge is 2.27. The molecule has 0 fully saturated rings. The Labute approximate surface area is 104 Å². The molecule has 1 aromatic rings. The van der Waals surface area contributed by atoms with Crippen molar-refractivity contribution in [3.63, 3.8) is 0 Å². The van der Waals surface area contributed by atoms with Crippen molar-refractivity contribution in [3.8, 4) is 0 Å². The van der Waals surface area contributed by atoms with Crippen LogP contribution in [0.25, 0.3) is 0 Å². The molecule has 16 heavy (non-hydrogen) atoms. The lowest BCUT2D eigenvalue weighted by molar-refractivity contribution is -0.119. The van der Waals surface area contributed by atoms with Gasteiger partial charge in [-0.1, -0.05) is 20.8 Å². The number of nitrogens with zero attached hydrogens (tertiary/aromatic N) is 1. The van der Waals surface area contributed by atoms with Gasteiger partial charge in [-0.15, -0.1) is 0 Å². The third-order valence-corrected chi connectivity index (χ3v) is 2.68. The zero-order chi connectivity index (χ0) is 12.3. The quantitative estimate of drug-likeness (QED) is 0.819. The Morgan fingerprint density at radius 1 is 1.50 bits per heavy atom. The number of anilines is 1. The third-order valence-electron chi connectivity index (χ3n) is 2.21. The van der Waals surface area contributed by atoms with Crippen LogP contribution < -0.4 is 11.1 Å². The van der Waals surface area contributed by atoms with Gasteiger partial charge in [-0.05, 0) is 33.5 Å². The first-order valence-corrected chi connectivity index (χ1v) is 5.78. The van der Waals surface area contributed by atoms with Gasteiger partial charge in [0.15, 0.2) is 0 Å². The van der Waals surface area contributed by atoms with E-state index in [9.17, 15) is 4.79 Å². The lowest BCUT2D eigenvalue weighted by Gasteiger charge is -2.25. The minimum absolute atomic E-state index is 0.198. The standard InChI is InChI=1S/C11H16BrN3O/c1-11(2,3)9(13)10(16)15-7-4-5-8(12)14-6-7/h4-6,9H,13H2,1-3H3,(H,15,16)/t9-/m1/s1. The summed E-state index contributed by atoms with van der Waals surface area (Å²) in [7, 11) is 0. The number of pyridine rings is 1. The molecule has 0 spiro atoms. The molecule has 4 nitrogen and oxygen atoms in total. The average molecular weight is 286 g/mol. The van der Waals surface area contributed by atoms with Crippen molar-refractivity contribution in [3.05, 3.63) is 22.9 Å². The number of carbonyl (C=O) groups excluding carboxylic acids is 1. The van der Waals surface area contributed by atoms with Gasteiger partial charge < -0.3 is 11.1 Å². The van der Waals surface area contributed by atoms with Crippen molar-refractivity contribution in [2.24, 2.45) is 11.1 Å². The van der Waals surface area contributed by atoms with Crippen molar-refractivity contribution >= 4 is 27.5 Å². The second-order valence-electron chi connectivity index (χ2n) is 4.70. The molecule has 0 saturated carbocycles. The van der Waals surface area contributed by atoms with Crippen molar-refractivity contribution in [2.75, 3.05) is 5.32 Å². The highest BCUT2D eigenvalue weighted by atomic mass is 79.9. The summed E-state index contributed by atoms with van der Waals surface area (Å²) in [5, 5.41) is 2.73. The number of amides is 1. The summed E-state index contributed by atoms with van der Waals surface area (Å²) in [5.74, 6) is -0.198. The Bertz CT molecular complexity index is 370. The highest BCUT2D eigenvalue weighted by molar-refractivity contribution is 9.10. The van der Waals surface area contributed by atoms with E-state index < -0.39 is 6.04 Å². The molecule has 3 N–H and O–H groups in total. The first-order valence-electron chi connectivity index (χ1n) is 4.98. The van der Waals surface area contributed by atoms with E-state index >= 15 is 0 Å². The minimum Gasteiger partial charge on any atom is -0.323 e. The maximum absolute atomic E-state index is 11.8. The summed E-state index contributed by atoms with van der Waals surface area (Å²) < 4.78 is 0.727. The zero-order valence-electron chi connectivity index (χ0n) is 9.62. The monoisotopic (exact) mass is 285 g/mol. The molecule has 88 valence electrons. The Kier molecular flexibility index (Phi) is 4.04. The summed E-state index contributed by atoms with van der Waals surface area (Å²) in [4.78, 5) is 15.8. The van der Waals surface area contributed by atoms with Crippen molar-refractivity contribution in [1.82, 2.24) is 4.98 Å². The van der Waals surface area contributed by atoms with Crippen LogP contribution in [0.2, 0.25) is 0 Å². The molecule has 1 rings (SSSR count). The van der Waals surface area contributed by atoms with E-state index in [0.717, 1.165) is 4.60 Å². The SMILES string of the molecule is CC(C)(C)[C@H](N)C(=O)Nc1ccc(Br)nc1. The van der Waals surface area contributed by atoms with E-state index in [2.05, 4.69) is 26.2 Å². The number of halogens is 1. The normalized spacial score (nSPS) is 13.3. The van der Waals surface area contributed by atoms with Crippen LogP contribution in [-0.2, 0) is 4.79 Å². The summed E-state index contributed by atoms with van der Waals surface area (Å²) in [6, 6.07) is 2.99. The molecule has 0 unspecified atom stereocenters. The first kappa shape index (κ1) is 13.1. The van der Waals surface area contributed by atoms with E-state index in [1.54, 1.807) is 18.3 Å². The van der Waals surface area contributed by atoms with E-state index in [1.807, 2.05) is 20.8 Å². The average Bonchev–Trinajstić information content (AvgIpc) is 2.19. The van der Waals surface area contributed by atoms with Crippen molar-refractivity contribution < 1.29 is 4.79 Å². The number of hydrogen-bond donors (Lipinski definition) is 2. The number of carbonyl (C=O) groups is 1. The fourth-order valence-corrected chi connectivity index (χ4v) is 1.30. The lowest BCUT2D eigenvalue weighted by Crippen LogP contribution is -2.45. The van der Waals surface area contributed by atoms with Gasteiger partial charge in [-0.3, -0.25) is 4.79 Å². The topological polar surface area (TPSA) is 68.0 Å². The van der Waals surface area contributed by atoms with Gasteiger partial charge in [0.1, 0.15) is 4.60 Å². The Hall–Kier alpha value is -0.940. The molecule has 0 aromatic carbocycles. The van der Waals surface area contributed by atoms with Gasteiger partial charge in [0.2, 0.25) is 5.91 Å². The van der Waals surface area contributed by atoms with Crippen LogP contribution in [0, 0.1) is 5.41 Å². The highest BCUT2D eigenvalue weighted by Crippen LogP contribution is 2.19. The molecule has 0 radical (unpaired) electrons. The molecule has 1 amide bonds. The maximum Gasteiger partial charge on any atom is 0.241 e. The Balaban J connectivity index is 2.68. The van der Waals surface area contributed by atoms with Gasteiger partial charge in [0.25, 0.3) is 0 Å². The van der Waals surface area contributed by atoms with E-state index in [4.69, 9.17) is 5.73 Å². The fourth-order valence-electron chi connectivity index (χ4n) is 1.06. The smallest absolute Gasteiger partial charge is 0.241 e. The molecule has 0 bridgehead atoms.